The minimum absolute atomic E-state index is 0.0140. The number of carbonyl (C=O) groups excluding carboxylic acids is 1. The smallest absolute Gasteiger partial charge is 0.295 e. The number of benzene rings is 1. The average molecular weight is 232 g/mol. The number of nitrogens with zero attached hydrogens (tertiary/aromatic N) is 1. The van der Waals surface area contributed by atoms with E-state index in [1.807, 2.05) is 26.0 Å². The standard InChI is InChI=1S/C10H11Cl2NO/c1-7(2)13(10(12)14)9-6-4-3-5-8(9)11/h3-7H,1-2H3. The van der Waals surface area contributed by atoms with Crippen molar-refractivity contribution in [1.29, 1.82) is 0 Å². The molecule has 1 aromatic rings. The summed E-state index contributed by atoms with van der Waals surface area (Å²) in [5, 5.41) is 0.00306. The summed E-state index contributed by atoms with van der Waals surface area (Å²) in [5.74, 6) is 0. The molecule has 76 valence electrons. The van der Waals surface area contributed by atoms with Gasteiger partial charge in [0.05, 0.1) is 10.7 Å². The molecule has 0 saturated heterocycles. The van der Waals surface area contributed by atoms with Crippen molar-refractivity contribution in [3.8, 4) is 0 Å². The van der Waals surface area contributed by atoms with Gasteiger partial charge in [-0.2, -0.15) is 0 Å². The van der Waals surface area contributed by atoms with Crippen molar-refractivity contribution in [3.05, 3.63) is 29.3 Å². The van der Waals surface area contributed by atoms with Crippen LogP contribution in [0.3, 0.4) is 0 Å². The van der Waals surface area contributed by atoms with Crippen molar-refractivity contribution < 1.29 is 4.79 Å². The predicted octanol–water partition coefficient (Wildman–Crippen LogP) is 3.91. The Morgan fingerprint density at radius 3 is 2.36 bits per heavy atom. The molecule has 0 saturated carbocycles. The zero-order valence-corrected chi connectivity index (χ0v) is 9.51. The maximum absolute atomic E-state index is 11.2. The molecule has 1 rings (SSSR count). The second-order valence-electron chi connectivity index (χ2n) is 3.17. The zero-order chi connectivity index (χ0) is 10.7. The molecule has 0 bridgehead atoms. The maximum Gasteiger partial charge on any atom is 0.321 e. The Labute approximate surface area is 93.4 Å². The molecule has 0 fully saturated rings. The topological polar surface area (TPSA) is 20.3 Å². The van der Waals surface area contributed by atoms with E-state index in [1.165, 1.54) is 4.90 Å². The molecule has 2 nitrogen and oxygen atoms in total. The van der Waals surface area contributed by atoms with Crippen molar-refractivity contribution >= 4 is 34.3 Å². The molecule has 0 aliphatic carbocycles. The molecule has 4 heteroatoms. The molecule has 1 amide bonds. The molecule has 0 spiro atoms. The highest BCUT2D eigenvalue weighted by molar-refractivity contribution is 6.66. The van der Waals surface area contributed by atoms with E-state index in [4.69, 9.17) is 23.2 Å². The summed E-state index contributed by atoms with van der Waals surface area (Å²) in [6.07, 6.45) is 0. The van der Waals surface area contributed by atoms with E-state index >= 15 is 0 Å². The van der Waals surface area contributed by atoms with Crippen molar-refractivity contribution in [1.82, 2.24) is 0 Å². The highest BCUT2D eigenvalue weighted by atomic mass is 35.5. The van der Waals surface area contributed by atoms with Crippen molar-refractivity contribution in [3.63, 3.8) is 0 Å². The van der Waals surface area contributed by atoms with Gasteiger partial charge in [0.1, 0.15) is 0 Å². The molecule has 0 aliphatic heterocycles. The lowest BCUT2D eigenvalue weighted by molar-refractivity contribution is 0.263. The highest BCUT2D eigenvalue weighted by Crippen LogP contribution is 2.27. The Hall–Kier alpha value is -0.730. The molecule has 0 aromatic heterocycles. The average Bonchev–Trinajstić information content (AvgIpc) is 2.07. The zero-order valence-electron chi connectivity index (χ0n) is 8.00. The van der Waals surface area contributed by atoms with Crippen LogP contribution in [0.2, 0.25) is 5.02 Å². The van der Waals surface area contributed by atoms with E-state index < -0.39 is 5.37 Å². The number of amides is 1. The first-order valence-corrected chi connectivity index (χ1v) is 5.03. The number of rotatable bonds is 2. The van der Waals surface area contributed by atoms with E-state index in [-0.39, 0.29) is 6.04 Å². The number of hydrogen-bond donors (Lipinski definition) is 0. The highest BCUT2D eigenvalue weighted by Gasteiger charge is 2.18. The van der Waals surface area contributed by atoms with Crippen LogP contribution in [0.4, 0.5) is 10.5 Å². The van der Waals surface area contributed by atoms with Crippen LogP contribution in [-0.4, -0.2) is 11.4 Å². The summed E-state index contributed by atoms with van der Waals surface area (Å²) < 4.78 is 0. The fourth-order valence-electron chi connectivity index (χ4n) is 1.22. The number of carbonyl (C=O) groups is 1. The molecule has 0 N–H and O–H groups in total. The van der Waals surface area contributed by atoms with Crippen molar-refractivity contribution in [2.24, 2.45) is 0 Å². The first-order chi connectivity index (χ1) is 6.54. The van der Waals surface area contributed by atoms with Gasteiger partial charge < -0.3 is 0 Å². The molecule has 0 radical (unpaired) electrons. The third-order valence-electron chi connectivity index (χ3n) is 1.82. The summed E-state index contributed by atoms with van der Waals surface area (Å²) in [6.45, 7) is 3.76. The Balaban J connectivity index is 3.12. The Bertz CT molecular complexity index is 339. The second kappa shape index (κ2) is 4.67. The number of hydrogen-bond acceptors (Lipinski definition) is 1. The van der Waals surface area contributed by atoms with E-state index in [0.717, 1.165) is 0 Å². The molecule has 0 atom stereocenters. The van der Waals surface area contributed by atoms with Gasteiger partial charge in [0.2, 0.25) is 0 Å². The fraction of sp³-hybridized carbons (Fsp3) is 0.300. The van der Waals surface area contributed by atoms with Gasteiger partial charge in [-0.25, -0.2) is 0 Å². The first-order valence-electron chi connectivity index (χ1n) is 4.27. The monoisotopic (exact) mass is 231 g/mol. The van der Waals surface area contributed by atoms with Crippen LogP contribution < -0.4 is 4.90 Å². The number of para-hydroxylation sites is 1. The molecule has 14 heavy (non-hydrogen) atoms. The van der Waals surface area contributed by atoms with Crippen LogP contribution in [0.1, 0.15) is 13.8 Å². The van der Waals surface area contributed by atoms with Crippen molar-refractivity contribution in [2.75, 3.05) is 4.90 Å². The van der Waals surface area contributed by atoms with Gasteiger partial charge >= 0.3 is 5.37 Å². The van der Waals surface area contributed by atoms with Gasteiger partial charge in [0.25, 0.3) is 0 Å². The summed E-state index contributed by atoms with van der Waals surface area (Å²) in [7, 11) is 0. The molecule has 0 heterocycles. The third-order valence-corrected chi connectivity index (χ3v) is 2.32. The van der Waals surface area contributed by atoms with Crippen LogP contribution in [0.25, 0.3) is 0 Å². The van der Waals surface area contributed by atoms with Crippen LogP contribution in [0, 0.1) is 0 Å². The molecule has 0 unspecified atom stereocenters. The minimum Gasteiger partial charge on any atom is -0.295 e. The quantitative estimate of drug-likeness (QED) is 0.559. The number of halogens is 2. The van der Waals surface area contributed by atoms with Crippen LogP contribution in [0.5, 0.6) is 0 Å². The van der Waals surface area contributed by atoms with Gasteiger partial charge in [-0.1, -0.05) is 23.7 Å². The first kappa shape index (κ1) is 11.3. The van der Waals surface area contributed by atoms with Crippen LogP contribution in [-0.2, 0) is 0 Å². The molecular formula is C10H11Cl2NO. The minimum atomic E-state index is -0.520. The van der Waals surface area contributed by atoms with Gasteiger partial charge in [-0.15, -0.1) is 0 Å². The summed E-state index contributed by atoms with van der Waals surface area (Å²) in [6, 6.07) is 7.11. The molecular weight excluding hydrogens is 221 g/mol. The van der Waals surface area contributed by atoms with Gasteiger partial charge in [-0.3, -0.25) is 9.69 Å². The van der Waals surface area contributed by atoms with Gasteiger partial charge in [0.15, 0.2) is 0 Å². The number of anilines is 1. The van der Waals surface area contributed by atoms with E-state index in [0.29, 0.717) is 10.7 Å². The predicted molar refractivity (Wildman–Crippen MR) is 60.3 cm³/mol. The van der Waals surface area contributed by atoms with E-state index in [2.05, 4.69) is 0 Å². The van der Waals surface area contributed by atoms with Crippen molar-refractivity contribution in [2.45, 2.75) is 19.9 Å². The summed E-state index contributed by atoms with van der Waals surface area (Å²) in [4.78, 5) is 12.6. The lowest BCUT2D eigenvalue weighted by Crippen LogP contribution is -2.33. The third kappa shape index (κ3) is 2.40. The van der Waals surface area contributed by atoms with Gasteiger partial charge in [0, 0.05) is 6.04 Å². The fourth-order valence-corrected chi connectivity index (χ4v) is 1.74. The van der Waals surface area contributed by atoms with Gasteiger partial charge in [-0.05, 0) is 37.6 Å². The molecule has 1 aromatic carbocycles. The lowest BCUT2D eigenvalue weighted by atomic mass is 10.2. The normalized spacial score (nSPS) is 10.4. The largest absolute Gasteiger partial charge is 0.321 e. The van der Waals surface area contributed by atoms with Crippen LogP contribution >= 0.6 is 23.2 Å². The second-order valence-corrected chi connectivity index (χ2v) is 3.90. The summed E-state index contributed by atoms with van der Waals surface area (Å²) >= 11 is 11.4. The SMILES string of the molecule is CC(C)N(C(=O)Cl)c1ccccc1Cl. The molecule has 0 aliphatic rings. The lowest BCUT2D eigenvalue weighted by Gasteiger charge is -2.24. The maximum atomic E-state index is 11.2. The Morgan fingerprint density at radius 2 is 1.93 bits per heavy atom. The van der Waals surface area contributed by atoms with E-state index in [9.17, 15) is 4.79 Å². The van der Waals surface area contributed by atoms with Crippen LogP contribution in [0.15, 0.2) is 24.3 Å². The Kier molecular flexibility index (Phi) is 3.78. The Morgan fingerprint density at radius 1 is 1.36 bits per heavy atom. The summed E-state index contributed by atoms with van der Waals surface area (Å²) in [5.41, 5.74) is 0.643. The van der Waals surface area contributed by atoms with E-state index in [1.54, 1.807) is 12.1 Å².